The van der Waals surface area contributed by atoms with E-state index in [0.717, 1.165) is 5.56 Å². The lowest BCUT2D eigenvalue weighted by Gasteiger charge is -2.18. The van der Waals surface area contributed by atoms with Crippen molar-refractivity contribution in [3.63, 3.8) is 0 Å². The van der Waals surface area contributed by atoms with Crippen molar-refractivity contribution in [1.82, 2.24) is 4.90 Å². The van der Waals surface area contributed by atoms with Crippen molar-refractivity contribution in [2.45, 2.75) is 20.4 Å². The van der Waals surface area contributed by atoms with E-state index in [1.165, 1.54) is 0 Å². The molecule has 0 unspecified atom stereocenters. The summed E-state index contributed by atoms with van der Waals surface area (Å²) in [5.41, 5.74) is 2.36. The van der Waals surface area contributed by atoms with Gasteiger partial charge in [-0.25, -0.2) is 4.79 Å². The molecule has 0 aliphatic rings. The average Bonchev–Trinajstić information content (AvgIpc) is 2.58. The molecule has 2 rings (SSSR count). The average molecular weight is 360 g/mol. The third-order valence-electron chi connectivity index (χ3n) is 3.61. The molecular weight excluding hydrogens is 338 g/mol. The third kappa shape index (κ3) is 5.80. The number of urea groups is 1. The molecule has 3 amide bonds. The number of carbonyl (C=O) groups is 2. The van der Waals surface area contributed by atoms with E-state index in [1.807, 2.05) is 26.0 Å². The molecule has 25 heavy (non-hydrogen) atoms. The van der Waals surface area contributed by atoms with Gasteiger partial charge >= 0.3 is 6.03 Å². The molecule has 0 spiro atoms. The standard InChI is InChI=1S/C19H22ClN3O2/c1-13(2)18(24)21-16-8-10-17(11-9-16)22-19(25)23(3)12-14-4-6-15(20)7-5-14/h4-11,13H,12H2,1-3H3,(H,21,24)(H,22,25). The number of halogens is 1. The van der Waals surface area contributed by atoms with Crippen LogP contribution in [-0.4, -0.2) is 23.9 Å². The van der Waals surface area contributed by atoms with Crippen LogP contribution >= 0.6 is 11.6 Å². The first kappa shape index (κ1) is 18.8. The maximum absolute atomic E-state index is 12.3. The molecule has 0 atom stereocenters. The molecule has 2 aromatic rings. The SMILES string of the molecule is CC(C)C(=O)Nc1ccc(NC(=O)N(C)Cc2ccc(Cl)cc2)cc1. The van der Waals surface area contributed by atoms with Gasteiger partial charge in [-0.1, -0.05) is 37.6 Å². The fourth-order valence-corrected chi connectivity index (χ4v) is 2.20. The lowest BCUT2D eigenvalue weighted by Crippen LogP contribution is -2.30. The summed E-state index contributed by atoms with van der Waals surface area (Å²) in [7, 11) is 1.72. The predicted molar refractivity (Wildman–Crippen MR) is 102 cm³/mol. The van der Waals surface area contributed by atoms with Gasteiger partial charge in [-0.15, -0.1) is 0 Å². The molecule has 2 N–H and O–H groups in total. The Bertz CT molecular complexity index is 727. The fourth-order valence-electron chi connectivity index (χ4n) is 2.08. The first-order valence-electron chi connectivity index (χ1n) is 8.02. The molecule has 0 aromatic heterocycles. The van der Waals surface area contributed by atoms with Crippen LogP contribution in [0.4, 0.5) is 16.2 Å². The van der Waals surface area contributed by atoms with Gasteiger partial charge in [0, 0.05) is 35.9 Å². The zero-order chi connectivity index (χ0) is 18.4. The monoisotopic (exact) mass is 359 g/mol. The Morgan fingerprint density at radius 1 is 0.960 bits per heavy atom. The van der Waals surface area contributed by atoms with Gasteiger partial charge < -0.3 is 15.5 Å². The zero-order valence-electron chi connectivity index (χ0n) is 14.5. The minimum atomic E-state index is -0.214. The second-order valence-corrected chi connectivity index (χ2v) is 6.57. The van der Waals surface area contributed by atoms with Crippen molar-refractivity contribution in [3.05, 3.63) is 59.1 Å². The van der Waals surface area contributed by atoms with Gasteiger partial charge in [0.15, 0.2) is 0 Å². The topological polar surface area (TPSA) is 61.4 Å². The molecule has 0 saturated carbocycles. The molecule has 0 radical (unpaired) electrons. The second kappa shape index (κ2) is 8.53. The molecule has 2 aromatic carbocycles. The fraction of sp³-hybridized carbons (Fsp3) is 0.263. The van der Waals surface area contributed by atoms with Crippen molar-refractivity contribution < 1.29 is 9.59 Å². The minimum absolute atomic E-state index is 0.0421. The summed E-state index contributed by atoms with van der Waals surface area (Å²) in [6.45, 7) is 4.15. The van der Waals surface area contributed by atoms with E-state index in [4.69, 9.17) is 11.6 Å². The number of rotatable bonds is 5. The summed E-state index contributed by atoms with van der Waals surface area (Å²) in [4.78, 5) is 25.5. The minimum Gasteiger partial charge on any atom is -0.326 e. The van der Waals surface area contributed by atoms with E-state index in [0.29, 0.717) is 22.9 Å². The van der Waals surface area contributed by atoms with Gasteiger partial charge in [-0.05, 0) is 42.0 Å². The highest BCUT2D eigenvalue weighted by Gasteiger charge is 2.10. The van der Waals surface area contributed by atoms with Crippen LogP contribution in [0.25, 0.3) is 0 Å². The van der Waals surface area contributed by atoms with E-state index >= 15 is 0 Å². The number of hydrogen-bond donors (Lipinski definition) is 2. The molecule has 6 heteroatoms. The molecule has 0 bridgehead atoms. The number of benzene rings is 2. The van der Waals surface area contributed by atoms with Gasteiger partial charge in [-0.2, -0.15) is 0 Å². The third-order valence-corrected chi connectivity index (χ3v) is 3.86. The van der Waals surface area contributed by atoms with Crippen LogP contribution in [0.1, 0.15) is 19.4 Å². The number of anilines is 2. The molecule has 5 nitrogen and oxygen atoms in total. The van der Waals surface area contributed by atoms with Crippen LogP contribution in [0.15, 0.2) is 48.5 Å². The van der Waals surface area contributed by atoms with E-state index in [1.54, 1.807) is 48.3 Å². The van der Waals surface area contributed by atoms with Gasteiger partial charge in [-0.3, -0.25) is 4.79 Å². The maximum atomic E-state index is 12.3. The Kier molecular flexibility index (Phi) is 6.42. The highest BCUT2D eigenvalue weighted by Crippen LogP contribution is 2.16. The zero-order valence-corrected chi connectivity index (χ0v) is 15.3. The van der Waals surface area contributed by atoms with Crippen LogP contribution in [0.2, 0.25) is 5.02 Å². The summed E-state index contributed by atoms with van der Waals surface area (Å²) in [6.07, 6.45) is 0. The smallest absolute Gasteiger partial charge is 0.321 e. The van der Waals surface area contributed by atoms with Gasteiger partial charge in [0.25, 0.3) is 0 Å². The van der Waals surface area contributed by atoms with E-state index < -0.39 is 0 Å². The number of nitrogens with one attached hydrogen (secondary N) is 2. The van der Waals surface area contributed by atoms with Crippen LogP contribution in [0, 0.1) is 5.92 Å². The molecule has 0 aliphatic heterocycles. The van der Waals surface area contributed by atoms with Crippen LogP contribution in [0.5, 0.6) is 0 Å². The van der Waals surface area contributed by atoms with E-state index in [9.17, 15) is 9.59 Å². The number of nitrogens with zero attached hydrogens (tertiary/aromatic N) is 1. The van der Waals surface area contributed by atoms with E-state index in [2.05, 4.69) is 10.6 Å². The molecule has 0 fully saturated rings. The number of hydrogen-bond acceptors (Lipinski definition) is 2. The van der Waals surface area contributed by atoms with E-state index in [-0.39, 0.29) is 17.9 Å². The van der Waals surface area contributed by atoms with Crippen LogP contribution in [-0.2, 0) is 11.3 Å². The molecule has 0 aliphatic carbocycles. The molecule has 132 valence electrons. The summed E-state index contributed by atoms with van der Waals surface area (Å²) >= 11 is 5.86. The molecular formula is C19H22ClN3O2. The predicted octanol–water partition coefficient (Wildman–Crippen LogP) is 4.60. The van der Waals surface area contributed by atoms with Crippen LogP contribution in [0.3, 0.4) is 0 Å². The summed E-state index contributed by atoms with van der Waals surface area (Å²) in [5.74, 6) is -0.125. The largest absolute Gasteiger partial charge is 0.326 e. The Hall–Kier alpha value is -2.53. The van der Waals surface area contributed by atoms with Gasteiger partial charge in [0.05, 0.1) is 0 Å². The first-order valence-corrected chi connectivity index (χ1v) is 8.40. The Morgan fingerprint density at radius 3 is 2.00 bits per heavy atom. The van der Waals surface area contributed by atoms with Gasteiger partial charge in [0.1, 0.15) is 0 Å². The maximum Gasteiger partial charge on any atom is 0.321 e. The summed E-state index contributed by atoms with van der Waals surface area (Å²) < 4.78 is 0. The normalized spacial score (nSPS) is 10.4. The highest BCUT2D eigenvalue weighted by molar-refractivity contribution is 6.30. The number of carbonyl (C=O) groups excluding carboxylic acids is 2. The summed E-state index contributed by atoms with van der Waals surface area (Å²) in [6, 6.07) is 14.2. The quantitative estimate of drug-likeness (QED) is 0.819. The number of amides is 3. The van der Waals surface area contributed by atoms with Gasteiger partial charge in [0.2, 0.25) is 5.91 Å². The van der Waals surface area contributed by atoms with Crippen molar-refractivity contribution in [1.29, 1.82) is 0 Å². The lowest BCUT2D eigenvalue weighted by atomic mass is 10.2. The van der Waals surface area contributed by atoms with Crippen molar-refractivity contribution in [2.24, 2.45) is 5.92 Å². The highest BCUT2D eigenvalue weighted by atomic mass is 35.5. The lowest BCUT2D eigenvalue weighted by molar-refractivity contribution is -0.118. The summed E-state index contributed by atoms with van der Waals surface area (Å²) in [5, 5.41) is 6.30. The van der Waals surface area contributed by atoms with Crippen molar-refractivity contribution >= 4 is 34.9 Å². The molecule has 0 saturated heterocycles. The second-order valence-electron chi connectivity index (χ2n) is 6.13. The van der Waals surface area contributed by atoms with Crippen molar-refractivity contribution in [2.75, 3.05) is 17.7 Å². The Balaban J connectivity index is 1.91. The first-order chi connectivity index (χ1) is 11.8. The Labute approximate surface area is 153 Å². The molecule has 0 heterocycles. The Morgan fingerprint density at radius 2 is 1.48 bits per heavy atom. The van der Waals surface area contributed by atoms with Crippen molar-refractivity contribution in [3.8, 4) is 0 Å². The van der Waals surface area contributed by atoms with Crippen LogP contribution < -0.4 is 10.6 Å².